The summed E-state index contributed by atoms with van der Waals surface area (Å²) in [7, 11) is 1.35. The van der Waals surface area contributed by atoms with Gasteiger partial charge in [0.05, 0.1) is 36.2 Å². The van der Waals surface area contributed by atoms with E-state index in [1.807, 2.05) is 0 Å². The molecule has 0 saturated carbocycles. The van der Waals surface area contributed by atoms with Gasteiger partial charge < -0.3 is 91.3 Å². The lowest BCUT2D eigenvalue weighted by atomic mass is 9.99. The minimum absolute atomic E-state index is 0.0643. The second-order valence-corrected chi connectivity index (χ2v) is 15.3. The normalized spacial score (nSPS) is 27.4. The molecule has 14 atom stereocenters. The molecule has 2 aliphatic heterocycles. The summed E-state index contributed by atoms with van der Waals surface area (Å²) in [6.45, 7) is -1.15. The van der Waals surface area contributed by atoms with Gasteiger partial charge in [0.1, 0.15) is 68.2 Å². The molecule has 2 aromatic heterocycles. The highest BCUT2D eigenvalue weighted by atomic mass is 32.2. The predicted molar refractivity (Wildman–Crippen MR) is 205 cm³/mol. The third-order valence-corrected chi connectivity index (χ3v) is 10.3. The first kappa shape index (κ1) is 52.1. The number of nitrogens with zero attached hydrogens (tertiary/aromatic N) is 6. The molecule has 0 aliphatic carbocycles. The molecule has 2 aliphatic rings. The fraction of sp³-hybridized carbons (Fsp3) is 0.667. The first-order chi connectivity index (χ1) is 30.6. The van der Waals surface area contributed by atoms with E-state index >= 15 is 0 Å². The summed E-state index contributed by atoms with van der Waals surface area (Å²) in [4.78, 5) is 87.2. The summed E-state index contributed by atoms with van der Waals surface area (Å²) in [6.07, 6.45) is -16.8. The summed E-state index contributed by atoms with van der Waals surface area (Å²) in [6, 6.07) is -6.22. The molecule has 0 spiro atoms. The molecule has 32 heteroatoms. The van der Waals surface area contributed by atoms with E-state index in [1.165, 1.54) is 13.2 Å². The van der Waals surface area contributed by atoms with Crippen molar-refractivity contribution in [1.29, 1.82) is 0 Å². The van der Waals surface area contributed by atoms with Gasteiger partial charge in [-0.05, 0) is 13.3 Å². The van der Waals surface area contributed by atoms with E-state index in [0.717, 1.165) is 27.3 Å². The number of carboxylic acids is 4. The van der Waals surface area contributed by atoms with Crippen LogP contribution in [0, 0.1) is 0 Å². The van der Waals surface area contributed by atoms with Crippen molar-refractivity contribution in [3.63, 3.8) is 0 Å². The van der Waals surface area contributed by atoms with Crippen molar-refractivity contribution in [2.45, 2.75) is 118 Å². The van der Waals surface area contributed by atoms with Crippen molar-refractivity contribution < 1.29 is 104 Å². The van der Waals surface area contributed by atoms with Gasteiger partial charge in [0, 0.05) is 18.6 Å². The molecule has 3 amide bonds. The molecule has 0 radical (unpaired) electrons. The molecule has 4 heterocycles. The first-order valence-electron chi connectivity index (χ1n) is 19.0. The van der Waals surface area contributed by atoms with E-state index in [4.69, 9.17) is 18.9 Å². The molecular formula is C33H48N10O21S. The average molecular weight is 953 g/mol. The summed E-state index contributed by atoms with van der Waals surface area (Å²) in [5, 5.41) is 123. The summed E-state index contributed by atoms with van der Waals surface area (Å²) in [5.74, 6) is -9.61. The van der Waals surface area contributed by atoms with Gasteiger partial charge in [0.25, 0.3) is 0 Å². The van der Waals surface area contributed by atoms with Crippen molar-refractivity contribution in [2.24, 2.45) is 0 Å². The van der Waals surface area contributed by atoms with Crippen molar-refractivity contribution in [2.75, 3.05) is 19.1 Å². The smallest absolute Gasteiger partial charge is 0.335 e. The molecule has 31 nitrogen and oxygen atoms in total. The van der Waals surface area contributed by atoms with Crippen LogP contribution in [-0.2, 0) is 78.8 Å². The van der Waals surface area contributed by atoms with Gasteiger partial charge in [0.2, 0.25) is 17.7 Å². The van der Waals surface area contributed by atoms with Crippen molar-refractivity contribution in [3.8, 4) is 0 Å². The summed E-state index contributed by atoms with van der Waals surface area (Å²) >= 11 is 1.07. The maximum absolute atomic E-state index is 13.7. The Kier molecular flexibility index (Phi) is 18.9. The number of hydrogen-bond donors (Lipinski definition) is 14. The number of aromatic nitrogens is 6. The number of amides is 3. The number of rotatable bonds is 24. The molecule has 2 saturated heterocycles. The van der Waals surface area contributed by atoms with E-state index in [2.05, 4.69) is 41.9 Å². The maximum Gasteiger partial charge on any atom is 0.335 e. The molecule has 6 unspecified atom stereocenters. The summed E-state index contributed by atoms with van der Waals surface area (Å²) < 4.78 is 22.7. The Balaban J connectivity index is 1.44. The second-order valence-electron chi connectivity index (χ2n) is 14.4. The minimum Gasteiger partial charge on any atom is -0.481 e. The zero-order valence-corrected chi connectivity index (χ0v) is 34.9. The van der Waals surface area contributed by atoms with Crippen molar-refractivity contribution in [3.05, 3.63) is 23.8 Å². The number of carbonyl (C=O) groups excluding carboxylic acids is 3. The fourth-order valence-electron chi connectivity index (χ4n) is 6.17. The number of ether oxygens (including phenoxy) is 4. The number of nitrogens with one attached hydrogen (secondary N) is 4. The van der Waals surface area contributed by atoms with Crippen LogP contribution in [0.2, 0.25) is 0 Å². The predicted octanol–water partition coefficient (Wildman–Crippen LogP) is -8.65. The van der Waals surface area contributed by atoms with Crippen LogP contribution >= 0.6 is 11.8 Å². The summed E-state index contributed by atoms with van der Waals surface area (Å²) in [5.41, 5.74) is 0.0496. The molecule has 14 N–H and O–H groups in total. The highest BCUT2D eigenvalue weighted by Gasteiger charge is 2.49. The average Bonchev–Trinajstić information content (AvgIpc) is 3.91. The Morgan fingerprint density at radius 1 is 0.646 bits per heavy atom. The van der Waals surface area contributed by atoms with Crippen LogP contribution in [0.3, 0.4) is 0 Å². The van der Waals surface area contributed by atoms with Crippen LogP contribution in [0.15, 0.2) is 12.4 Å². The van der Waals surface area contributed by atoms with Gasteiger partial charge in [-0.2, -0.15) is 11.8 Å². The molecule has 4 rings (SSSR count). The van der Waals surface area contributed by atoms with E-state index < -0.39 is 153 Å². The number of carbonyl (C=O) groups is 7. The second kappa shape index (κ2) is 23.6. The van der Waals surface area contributed by atoms with E-state index in [0.29, 0.717) is 0 Å². The number of aliphatic hydroxyl groups is 6. The van der Waals surface area contributed by atoms with Crippen molar-refractivity contribution in [1.82, 2.24) is 51.3 Å². The van der Waals surface area contributed by atoms with Gasteiger partial charge in [-0.1, -0.05) is 10.4 Å². The lowest BCUT2D eigenvalue weighted by Gasteiger charge is -2.38. The number of hydrogen-bond acceptors (Lipinski definition) is 23. The number of aliphatic carboxylic acids is 4. The molecule has 65 heavy (non-hydrogen) atoms. The van der Waals surface area contributed by atoms with Gasteiger partial charge >= 0.3 is 23.9 Å². The number of likely N-dealkylation sites (N-methyl/N-ethyl adjacent to an activating group) is 1. The minimum atomic E-state index is -1.99. The van der Waals surface area contributed by atoms with Gasteiger partial charge in [-0.25, -0.2) is 23.7 Å². The fourth-order valence-corrected chi connectivity index (χ4v) is 6.72. The van der Waals surface area contributed by atoms with Crippen LogP contribution in [0.25, 0.3) is 0 Å². The monoisotopic (exact) mass is 952 g/mol. The van der Waals surface area contributed by atoms with Crippen LogP contribution < -0.4 is 21.3 Å². The number of carboxylic acid groups (broad SMARTS) is 4. The lowest BCUT2D eigenvalue weighted by Crippen LogP contribution is -2.60. The molecule has 2 aromatic rings. The van der Waals surface area contributed by atoms with Crippen LogP contribution in [0.5, 0.6) is 0 Å². The maximum atomic E-state index is 13.7. The van der Waals surface area contributed by atoms with Gasteiger partial charge in [0.15, 0.2) is 24.8 Å². The highest BCUT2D eigenvalue weighted by Crippen LogP contribution is 2.24. The number of aliphatic hydroxyl groups excluding tert-OH is 6. The largest absolute Gasteiger partial charge is 0.481 e. The van der Waals surface area contributed by atoms with Crippen LogP contribution in [0.4, 0.5) is 0 Å². The quantitative estimate of drug-likeness (QED) is 0.0465. The highest BCUT2D eigenvalue weighted by molar-refractivity contribution is 7.98. The molecular weight excluding hydrogens is 904 g/mol. The van der Waals surface area contributed by atoms with E-state index in [-0.39, 0.29) is 23.6 Å². The topological polar surface area (TPSA) is 468 Å². The van der Waals surface area contributed by atoms with E-state index in [9.17, 15) is 84.6 Å². The first-order valence-corrected chi connectivity index (χ1v) is 20.4. The Morgan fingerprint density at radius 3 is 1.48 bits per heavy atom. The van der Waals surface area contributed by atoms with Crippen LogP contribution in [0.1, 0.15) is 17.8 Å². The number of thioether (sulfide) groups is 1. The SMILES string of the molecule is CN[C@@H](Cc1cn(COC2OC(C(=O)O)C(O)[C@H](O)[C@H]2O)nn1)C(=O)N[C@@H](CC(=O)O)C(=O)N[C@@H](Cc1cn(COC2OC(C(=O)O)C(O)[C@H](O)[C@H]2O)nn1)C(=O)N[C@@H](CSC)C(=O)O. The van der Waals surface area contributed by atoms with Gasteiger partial charge in [-0.15, -0.1) is 10.2 Å². The Labute approximate surface area is 369 Å². The third-order valence-electron chi connectivity index (χ3n) is 9.62. The standard InChI is InChI=1S/C33H48N10O21S/c1-34-13(3-11-6-42(40-38-11)9-61-32-22(50)18(46)20(48)24(63-32)30(57)58)26(52)36-15(5-17(44)45)28(54)35-14(27(53)37-16(8-65-2)29(55)56)4-12-7-43(41-39-12)10-62-33-23(51)19(47)21(49)25(64-33)31(59)60/h6-7,13-16,18-25,32-34,46-51H,3-5,8-10H2,1-2H3,(H,35,54)(H,36,52)(H,37,53)(H,44,45)(H,55,56)(H,57,58)(H,59,60)/t13-,14-,15-,16-,18-,19-,20?,21?,22+,23+,24?,25?,32?,33?/m0/s1. The molecule has 362 valence electrons. The third kappa shape index (κ3) is 14.0. The molecule has 0 aromatic carbocycles. The molecule has 0 bridgehead atoms. The van der Waals surface area contributed by atoms with Crippen molar-refractivity contribution >= 4 is 53.4 Å². The van der Waals surface area contributed by atoms with Crippen LogP contribution in [-0.4, -0.2) is 227 Å². The zero-order chi connectivity index (χ0) is 48.3. The van der Waals surface area contributed by atoms with Gasteiger partial charge in [-0.3, -0.25) is 19.2 Å². The lowest BCUT2D eigenvalue weighted by molar-refractivity contribution is -0.302. The Bertz CT molecular complexity index is 1990. The zero-order valence-electron chi connectivity index (χ0n) is 34.0. The Hall–Kier alpha value is -5.52. The Morgan fingerprint density at radius 2 is 1.06 bits per heavy atom. The van der Waals surface area contributed by atoms with E-state index in [1.54, 1.807) is 6.26 Å². The molecule has 2 fully saturated rings.